The molecule has 0 heterocycles. The second kappa shape index (κ2) is 14.2. The highest BCUT2D eigenvalue weighted by Gasteiger charge is 2.24. The Hall–Kier alpha value is -0.980. The Morgan fingerprint density at radius 1 is 0.613 bits per heavy atom. The molecular weight excluding hydrogens is 376 g/mol. The Morgan fingerprint density at radius 2 is 1.13 bits per heavy atom. The number of hydrogen-bond donors (Lipinski definition) is 0. The van der Waals surface area contributed by atoms with Gasteiger partial charge in [-0.2, -0.15) is 0 Å². The summed E-state index contributed by atoms with van der Waals surface area (Å²) in [5.41, 5.74) is 1.49. The van der Waals surface area contributed by atoms with Gasteiger partial charge in [0.2, 0.25) is 0 Å². The summed E-state index contributed by atoms with van der Waals surface area (Å²) in [6, 6.07) is 8.92. The van der Waals surface area contributed by atoms with Gasteiger partial charge in [-0.25, -0.2) is 0 Å². The predicted molar refractivity (Wildman–Crippen MR) is 135 cm³/mol. The predicted octanol–water partition coefficient (Wildman–Crippen LogP) is 9.38. The summed E-state index contributed by atoms with van der Waals surface area (Å²) in [7, 11) is 0. The van der Waals surface area contributed by atoms with Crippen LogP contribution in [-0.2, 0) is 6.42 Å². The van der Waals surface area contributed by atoms with Gasteiger partial charge < -0.3 is 4.74 Å². The van der Waals surface area contributed by atoms with E-state index < -0.39 is 0 Å². The third-order valence-corrected chi connectivity index (χ3v) is 8.39. The molecule has 0 atom stereocenters. The van der Waals surface area contributed by atoms with E-state index in [-0.39, 0.29) is 0 Å². The third-order valence-electron chi connectivity index (χ3n) is 8.39. The molecule has 0 saturated heterocycles. The molecule has 31 heavy (non-hydrogen) atoms. The fraction of sp³-hybridized carbons (Fsp3) is 0.800. The molecule has 3 rings (SSSR count). The summed E-state index contributed by atoms with van der Waals surface area (Å²) in [4.78, 5) is 0. The molecule has 0 amide bonds. The second-order valence-electron chi connectivity index (χ2n) is 10.9. The van der Waals surface area contributed by atoms with E-state index in [9.17, 15) is 0 Å². The highest BCUT2D eigenvalue weighted by Crippen LogP contribution is 2.38. The van der Waals surface area contributed by atoms with Crippen LogP contribution in [0.15, 0.2) is 24.3 Å². The summed E-state index contributed by atoms with van der Waals surface area (Å²) < 4.78 is 5.85. The first-order chi connectivity index (χ1) is 15.3. The summed E-state index contributed by atoms with van der Waals surface area (Å²) in [5, 5.41) is 0. The molecule has 176 valence electrons. The Morgan fingerprint density at radius 3 is 1.65 bits per heavy atom. The Bertz CT molecular complexity index is 561. The molecular formula is C30H50O. The normalized spacial score (nSPS) is 26.6. The lowest BCUT2D eigenvalue weighted by Crippen LogP contribution is -2.18. The van der Waals surface area contributed by atoms with Crippen LogP contribution in [0.25, 0.3) is 0 Å². The van der Waals surface area contributed by atoms with E-state index in [1.165, 1.54) is 115 Å². The van der Waals surface area contributed by atoms with Gasteiger partial charge in [0, 0.05) is 0 Å². The highest BCUT2D eigenvalue weighted by molar-refractivity contribution is 5.27. The first-order valence-electron chi connectivity index (χ1n) is 14.0. The fourth-order valence-corrected chi connectivity index (χ4v) is 6.16. The van der Waals surface area contributed by atoms with E-state index >= 15 is 0 Å². The van der Waals surface area contributed by atoms with Crippen molar-refractivity contribution >= 4 is 0 Å². The molecule has 2 fully saturated rings. The first-order valence-corrected chi connectivity index (χ1v) is 14.0. The molecule has 0 aromatic heterocycles. The van der Waals surface area contributed by atoms with Gasteiger partial charge in [0.25, 0.3) is 0 Å². The van der Waals surface area contributed by atoms with Gasteiger partial charge in [0.1, 0.15) is 5.75 Å². The topological polar surface area (TPSA) is 9.23 Å². The number of rotatable bonds is 13. The lowest BCUT2D eigenvalue weighted by Gasteiger charge is -2.32. The maximum Gasteiger partial charge on any atom is 0.119 e. The van der Waals surface area contributed by atoms with Crippen LogP contribution in [-0.4, -0.2) is 6.61 Å². The minimum Gasteiger partial charge on any atom is -0.494 e. The summed E-state index contributed by atoms with van der Waals surface area (Å²) in [6.07, 6.45) is 24.3. The molecule has 1 aromatic carbocycles. The number of unbranched alkanes of at least 4 members (excludes halogenated alkanes) is 2. The van der Waals surface area contributed by atoms with E-state index in [0.717, 1.165) is 36.0 Å². The third kappa shape index (κ3) is 9.19. The van der Waals surface area contributed by atoms with Crippen LogP contribution in [0.3, 0.4) is 0 Å². The molecule has 0 bridgehead atoms. The van der Waals surface area contributed by atoms with Crippen molar-refractivity contribution in [2.45, 2.75) is 123 Å². The van der Waals surface area contributed by atoms with Gasteiger partial charge in [0.15, 0.2) is 0 Å². The standard InChI is InChI=1S/C30H50O/c1-3-5-6-24-31-30-22-20-29(21-23-30)19-18-28-16-14-27(15-17-28)13-12-26-10-8-25(7-4-2)9-11-26/h20-23,25-28H,3-19,24H2,1-2H3/t25-,26-,27-,28-. The first kappa shape index (κ1) is 24.7. The molecule has 2 aliphatic carbocycles. The van der Waals surface area contributed by atoms with Gasteiger partial charge in [-0.05, 0) is 60.6 Å². The summed E-state index contributed by atoms with van der Waals surface area (Å²) in [6.45, 7) is 5.45. The molecule has 0 spiro atoms. The van der Waals surface area contributed by atoms with Gasteiger partial charge in [-0.15, -0.1) is 0 Å². The molecule has 1 nitrogen and oxygen atoms in total. The van der Waals surface area contributed by atoms with Crippen LogP contribution < -0.4 is 4.74 Å². The van der Waals surface area contributed by atoms with Gasteiger partial charge in [-0.1, -0.05) is 116 Å². The average Bonchev–Trinajstić information content (AvgIpc) is 2.82. The largest absolute Gasteiger partial charge is 0.494 e. The Kier molecular flexibility index (Phi) is 11.3. The van der Waals surface area contributed by atoms with Crippen LogP contribution in [0, 0.1) is 23.7 Å². The molecule has 0 radical (unpaired) electrons. The van der Waals surface area contributed by atoms with E-state index in [4.69, 9.17) is 4.74 Å². The van der Waals surface area contributed by atoms with Crippen LogP contribution in [0.4, 0.5) is 0 Å². The smallest absolute Gasteiger partial charge is 0.119 e. The van der Waals surface area contributed by atoms with E-state index in [0.29, 0.717) is 0 Å². The van der Waals surface area contributed by atoms with Crippen molar-refractivity contribution in [3.8, 4) is 5.75 Å². The second-order valence-corrected chi connectivity index (χ2v) is 10.9. The van der Waals surface area contributed by atoms with Crippen LogP contribution in [0.1, 0.15) is 122 Å². The van der Waals surface area contributed by atoms with Gasteiger partial charge in [-0.3, -0.25) is 0 Å². The Labute approximate surface area is 193 Å². The van der Waals surface area contributed by atoms with E-state index in [1.54, 1.807) is 0 Å². The van der Waals surface area contributed by atoms with Crippen molar-refractivity contribution in [1.29, 1.82) is 0 Å². The molecule has 2 saturated carbocycles. The summed E-state index contributed by atoms with van der Waals surface area (Å²) >= 11 is 0. The van der Waals surface area contributed by atoms with Crippen molar-refractivity contribution in [3.05, 3.63) is 29.8 Å². The van der Waals surface area contributed by atoms with Crippen LogP contribution >= 0.6 is 0 Å². The Balaban J connectivity index is 1.25. The molecule has 1 aromatic rings. The van der Waals surface area contributed by atoms with E-state index in [2.05, 4.69) is 38.1 Å². The lowest BCUT2D eigenvalue weighted by atomic mass is 9.74. The molecule has 0 N–H and O–H groups in total. The minimum atomic E-state index is 0.858. The SMILES string of the molecule is CCCCCOc1ccc(CC[C@H]2CC[C@H](CC[C@H]3CC[C@H](CCC)CC3)CC2)cc1. The fourth-order valence-electron chi connectivity index (χ4n) is 6.16. The zero-order valence-corrected chi connectivity index (χ0v) is 20.8. The highest BCUT2D eigenvalue weighted by atomic mass is 16.5. The maximum atomic E-state index is 5.85. The molecule has 2 aliphatic rings. The van der Waals surface area contributed by atoms with Gasteiger partial charge >= 0.3 is 0 Å². The van der Waals surface area contributed by atoms with Crippen molar-refractivity contribution in [2.24, 2.45) is 23.7 Å². The van der Waals surface area contributed by atoms with Crippen LogP contribution in [0.5, 0.6) is 5.75 Å². The number of aryl methyl sites for hydroxylation is 1. The number of ether oxygens (including phenoxy) is 1. The monoisotopic (exact) mass is 426 g/mol. The van der Waals surface area contributed by atoms with Gasteiger partial charge in [0.05, 0.1) is 6.61 Å². The van der Waals surface area contributed by atoms with Crippen molar-refractivity contribution in [2.75, 3.05) is 6.61 Å². The van der Waals surface area contributed by atoms with E-state index in [1.807, 2.05) is 0 Å². The zero-order valence-electron chi connectivity index (χ0n) is 20.8. The average molecular weight is 427 g/mol. The minimum absolute atomic E-state index is 0.858. The van der Waals surface area contributed by atoms with Crippen molar-refractivity contribution in [3.63, 3.8) is 0 Å². The van der Waals surface area contributed by atoms with Crippen molar-refractivity contribution < 1.29 is 4.74 Å². The number of benzene rings is 1. The quantitative estimate of drug-likeness (QED) is 0.285. The lowest BCUT2D eigenvalue weighted by molar-refractivity contribution is 0.209. The number of hydrogen-bond acceptors (Lipinski definition) is 1. The molecule has 1 heteroatoms. The van der Waals surface area contributed by atoms with Crippen molar-refractivity contribution in [1.82, 2.24) is 0 Å². The zero-order chi connectivity index (χ0) is 21.7. The van der Waals surface area contributed by atoms with Crippen LogP contribution in [0.2, 0.25) is 0 Å². The molecule has 0 unspecified atom stereocenters. The summed E-state index contributed by atoms with van der Waals surface area (Å²) in [5.74, 6) is 5.16. The maximum absolute atomic E-state index is 5.85. The molecule has 0 aliphatic heterocycles.